The van der Waals surface area contributed by atoms with Crippen LogP contribution >= 0.6 is 0 Å². The molecular formula is C30H54O8. The first-order valence-electron chi connectivity index (χ1n) is 14.5. The zero-order chi connectivity index (χ0) is 29.6. The third-order valence-electron chi connectivity index (χ3n) is 9.04. The number of rotatable bonds is 9. The molecule has 0 aromatic heterocycles. The summed E-state index contributed by atoms with van der Waals surface area (Å²) in [5.41, 5.74) is -3.03. The molecule has 8 nitrogen and oxygen atoms in total. The van der Waals surface area contributed by atoms with Crippen LogP contribution in [0.15, 0.2) is 0 Å². The quantitative estimate of drug-likeness (QED) is 0.311. The summed E-state index contributed by atoms with van der Waals surface area (Å²) in [6.07, 6.45) is 1.30. The summed E-state index contributed by atoms with van der Waals surface area (Å²) in [4.78, 5) is 38.8. The van der Waals surface area contributed by atoms with E-state index in [4.69, 9.17) is 14.2 Å². The fourth-order valence-corrected chi connectivity index (χ4v) is 7.38. The van der Waals surface area contributed by atoms with Crippen molar-refractivity contribution in [3.8, 4) is 0 Å². The van der Waals surface area contributed by atoms with Crippen molar-refractivity contribution in [2.75, 3.05) is 14.2 Å². The van der Waals surface area contributed by atoms with Gasteiger partial charge < -0.3 is 24.4 Å². The number of aliphatic hydroxyl groups excluding tert-OH is 2. The lowest BCUT2D eigenvalue weighted by molar-refractivity contribution is -0.172. The molecule has 9 atom stereocenters. The summed E-state index contributed by atoms with van der Waals surface area (Å²) in [5, 5.41) is 20.6. The lowest BCUT2D eigenvalue weighted by Gasteiger charge is -2.40. The van der Waals surface area contributed by atoms with Crippen LogP contribution < -0.4 is 0 Å². The maximum atomic E-state index is 13.5. The van der Waals surface area contributed by atoms with Crippen LogP contribution in [0.4, 0.5) is 0 Å². The van der Waals surface area contributed by atoms with Crippen molar-refractivity contribution in [1.29, 1.82) is 0 Å². The van der Waals surface area contributed by atoms with Gasteiger partial charge in [-0.15, -0.1) is 0 Å². The SMILES string of the molecule is CC.CC.CCC(C)(CC(C)(CC(C)(C)C(=O)OC)C(=O)OC)C(=O)OC1CC2CC1C1C(O)C(O)CC21. The topological polar surface area (TPSA) is 119 Å². The van der Waals surface area contributed by atoms with Gasteiger partial charge in [-0.1, -0.05) is 34.6 Å². The van der Waals surface area contributed by atoms with Crippen molar-refractivity contribution in [2.24, 2.45) is 39.9 Å². The molecule has 3 aliphatic rings. The van der Waals surface area contributed by atoms with Crippen LogP contribution in [-0.2, 0) is 28.6 Å². The highest BCUT2D eigenvalue weighted by molar-refractivity contribution is 5.82. The Kier molecular flexibility index (Phi) is 12.3. The van der Waals surface area contributed by atoms with E-state index in [0.717, 1.165) is 12.8 Å². The Morgan fingerprint density at radius 2 is 1.32 bits per heavy atom. The summed E-state index contributed by atoms with van der Waals surface area (Å²) in [5.74, 6) is -0.611. The van der Waals surface area contributed by atoms with Gasteiger partial charge in [0, 0.05) is 5.92 Å². The summed E-state index contributed by atoms with van der Waals surface area (Å²) in [6.45, 7) is 16.8. The van der Waals surface area contributed by atoms with Crippen LogP contribution in [0.2, 0.25) is 0 Å². The van der Waals surface area contributed by atoms with Crippen LogP contribution in [0.25, 0.3) is 0 Å². The second kappa shape index (κ2) is 13.6. The Balaban J connectivity index is 0.00000172. The van der Waals surface area contributed by atoms with Crippen molar-refractivity contribution >= 4 is 17.9 Å². The molecule has 2 bridgehead atoms. The molecule has 38 heavy (non-hydrogen) atoms. The number of hydrogen-bond donors (Lipinski definition) is 2. The summed E-state index contributed by atoms with van der Waals surface area (Å²) < 4.78 is 16.1. The van der Waals surface area contributed by atoms with Gasteiger partial charge in [0.2, 0.25) is 0 Å². The first-order valence-corrected chi connectivity index (χ1v) is 14.5. The molecule has 0 aliphatic heterocycles. The third-order valence-corrected chi connectivity index (χ3v) is 9.04. The molecule has 222 valence electrons. The van der Waals surface area contributed by atoms with Crippen LogP contribution in [0.3, 0.4) is 0 Å². The molecule has 0 amide bonds. The normalized spacial score (nSPS) is 32.3. The fourth-order valence-electron chi connectivity index (χ4n) is 7.38. The van der Waals surface area contributed by atoms with Crippen molar-refractivity contribution in [1.82, 2.24) is 0 Å². The number of methoxy groups -OCH3 is 2. The molecule has 0 radical (unpaired) electrons. The van der Waals surface area contributed by atoms with Crippen molar-refractivity contribution < 1.29 is 38.8 Å². The van der Waals surface area contributed by atoms with E-state index in [1.54, 1.807) is 27.7 Å². The summed E-state index contributed by atoms with van der Waals surface area (Å²) in [6, 6.07) is 0. The third kappa shape index (κ3) is 6.72. The Hall–Kier alpha value is -1.67. The van der Waals surface area contributed by atoms with E-state index in [1.807, 2.05) is 34.6 Å². The van der Waals surface area contributed by atoms with Crippen molar-refractivity contribution in [2.45, 2.75) is 119 Å². The average molecular weight is 543 g/mol. The Bertz CT molecular complexity index is 810. The van der Waals surface area contributed by atoms with Gasteiger partial charge >= 0.3 is 17.9 Å². The van der Waals surface area contributed by atoms with Gasteiger partial charge in [-0.3, -0.25) is 14.4 Å². The molecule has 3 saturated carbocycles. The number of esters is 3. The lowest BCUT2D eigenvalue weighted by atomic mass is 9.65. The molecule has 0 aromatic rings. The summed E-state index contributed by atoms with van der Waals surface area (Å²) in [7, 11) is 2.62. The molecule has 2 N–H and O–H groups in total. The molecule has 3 aliphatic carbocycles. The predicted octanol–water partition coefficient (Wildman–Crippen LogP) is 4.92. The van der Waals surface area contributed by atoms with Gasteiger partial charge in [-0.05, 0) is 84.0 Å². The highest BCUT2D eigenvalue weighted by Crippen LogP contribution is 2.60. The van der Waals surface area contributed by atoms with Gasteiger partial charge in [-0.2, -0.15) is 0 Å². The van der Waals surface area contributed by atoms with E-state index >= 15 is 0 Å². The number of hydrogen-bond acceptors (Lipinski definition) is 8. The van der Waals surface area contributed by atoms with Crippen LogP contribution in [-0.4, -0.2) is 60.7 Å². The maximum Gasteiger partial charge on any atom is 0.312 e. The molecule has 0 saturated heterocycles. The van der Waals surface area contributed by atoms with Gasteiger partial charge in [0.1, 0.15) is 6.10 Å². The van der Waals surface area contributed by atoms with Crippen molar-refractivity contribution in [3.63, 3.8) is 0 Å². The number of carbonyl (C=O) groups excluding carboxylic acids is 3. The first-order chi connectivity index (χ1) is 17.7. The minimum Gasteiger partial charge on any atom is -0.469 e. The number of ether oxygens (including phenoxy) is 3. The van der Waals surface area contributed by atoms with Crippen LogP contribution in [0, 0.1) is 39.9 Å². The zero-order valence-corrected chi connectivity index (χ0v) is 25.6. The van der Waals surface area contributed by atoms with Crippen molar-refractivity contribution in [3.05, 3.63) is 0 Å². The van der Waals surface area contributed by atoms with E-state index in [9.17, 15) is 24.6 Å². The molecule has 0 aromatic carbocycles. The average Bonchev–Trinajstić information content (AvgIpc) is 3.55. The number of aliphatic hydroxyl groups is 2. The van der Waals surface area contributed by atoms with E-state index in [-0.39, 0.29) is 36.8 Å². The molecular weight excluding hydrogens is 488 g/mol. The fraction of sp³-hybridized carbons (Fsp3) is 0.900. The lowest BCUT2D eigenvalue weighted by Crippen LogP contribution is -2.45. The van der Waals surface area contributed by atoms with Gasteiger partial charge in [0.05, 0.1) is 42.7 Å². The number of fused-ring (bicyclic) bond motifs is 5. The predicted molar refractivity (Wildman–Crippen MR) is 146 cm³/mol. The molecule has 3 rings (SSSR count). The van der Waals surface area contributed by atoms with Gasteiger partial charge in [0.25, 0.3) is 0 Å². The highest BCUT2D eigenvalue weighted by atomic mass is 16.5. The molecule has 9 unspecified atom stereocenters. The smallest absolute Gasteiger partial charge is 0.312 e. The first kappa shape index (κ1) is 34.4. The summed E-state index contributed by atoms with van der Waals surface area (Å²) >= 11 is 0. The minimum atomic E-state index is -1.11. The van der Waals surface area contributed by atoms with E-state index in [0.29, 0.717) is 24.7 Å². The Morgan fingerprint density at radius 3 is 1.82 bits per heavy atom. The standard InChI is InChI=1S/C26H42O8.2C2H6/c1-8-25(4,13-26(5,22(30)33-7)12-24(2,3)21(29)32-6)23(31)34-18-10-14-9-16(18)19-15(14)11-17(27)20(19)28;2*1-2/h14-20,27-28H,8-13H2,1-7H3;2*1-2H3. The number of carbonyl (C=O) groups is 3. The molecule has 8 heteroatoms. The second-order valence-corrected chi connectivity index (χ2v) is 12.1. The van der Waals surface area contributed by atoms with E-state index in [1.165, 1.54) is 14.2 Å². The van der Waals surface area contributed by atoms with Crippen LogP contribution in [0.1, 0.15) is 101 Å². The minimum absolute atomic E-state index is 0.0272. The monoisotopic (exact) mass is 542 g/mol. The molecule has 3 fully saturated rings. The molecule has 0 heterocycles. The van der Waals surface area contributed by atoms with E-state index < -0.39 is 40.4 Å². The van der Waals surface area contributed by atoms with E-state index in [2.05, 4.69) is 0 Å². The molecule has 0 spiro atoms. The Morgan fingerprint density at radius 1 is 0.763 bits per heavy atom. The Labute approximate surface area is 230 Å². The van der Waals surface area contributed by atoms with Crippen LogP contribution in [0.5, 0.6) is 0 Å². The highest BCUT2D eigenvalue weighted by Gasteiger charge is 2.61. The largest absolute Gasteiger partial charge is 0.469 e. The van der Waals surface area contributed by atoms with Gasteiger partial charge in [-0.25, -0.2) is 0 Å². The van der Waals surface area contributed by atoms with Gasteiger partial charge in [0.15, 0.2) is 0 Å². The second-order valence-electron chi connectivity index (χ2n) is 12.1. The zero-order valence-electron chi connectivity index (χ0n) is 25.6. The maximum absolute atomic E-state index is 13.5.